The van der Waals surface area contributed by atoms with Gasteiger partial charge in [-0.1, -0.05) is 23.0 Å². The first-order chi connectivity index (χ1) is 13.3. The maximum absolute atomic E-state index is 5.41. The monoisotopic (exact) mass is 479 g/mol. The van der Waals surface area contributed by atoms with Gasteiger partial charge in [0.2, 0.25) is 11.7 Å². The lowest BCUT2D eigenvalue weighted by Gasteiger charge is -2.07. The number of nitrogens with zero attached hydrogens (tertiary/aromatic N) is 5. The molecule has 4 aromatic rings. The molecule has 0 amide bonds. The quantitative estimate of drug-likeness (QED) is 0.329. The molecule has 0 spiro atoms. The Morgan fingerprint density at radius 1 is 1.30 bits per heavy atom. The van der Waals surface area contributed by atoms with Crippen molar-refractivity contribution in [1.29, 1.82) is 0 Å². The fourth-order valence-electron chi connectivity index (χ4n) is 2.77. The average molecular weight is 480 g/mol. The molecule has 1 aliphatic carbocycles. The topological polar surface area (TPSA) is 69.6 Å². The fourth-order valence-corrected chi connectivity index (χ4v) is 5.68. The van der Waals surface area contributed by atoms with Gasteiger partial charge in [0, 0.05) is 27.2 Å². The summed E-state index contributed by atoms with van der Waals surface area (Å²) in [5.41, 5.74) is 0. The van der Waals surface area contributed by atoms with Crippen LogP contribution in [0.15, 0.2) is 43.1 Å². The minimum absolute atomic E-state index is 0.527. The third-order valence-corrected chi connectivity index (χ3v) is 7.63. The largest absolute Gasteiger partial charge is 0.338 e. The van der Waals surface area contributed by atoms with E-state index < -0.39 is 0 Å². The van der Waals surface area contributed by atoms with Crippen molar-refractivity contribution < 1.29 is 4.52 Å². The van der Waals surface area contributed by atoms with E-state index in [1.165, 1.54) is 17.7 Å². The number of hydrogen-bond donors (Lipinski definition) is 0. The lowest BCUT2D eigenvalue weighted by Crippen LogP contribution is -2.03. The van der Waals surface area contributed by atoms with E-state index in [-0.39, 0.29) is 0 Å². The van der Waals surface area contributed by atoms with Gasteiger partial charge in [-0.2, -0.15) is 4.98 Å². The average Bonchev–Trinajstić information content (AvgIpc) is 3.12. The molecule has 0 aliphatic heterocycles. The van der Waals surface area contributed by atoms with E-state index in [2.05, 4.69) is 58.3 Å². The number of halogens is 1. The van der Waals surface area contributed by atoms with Crippen molar-refractivity contribution in [3.8, 4) is 10.7 Å². The van der Waals surface area contributed by atoms with E-state index in [0.29, 0.717) is 23.5 Å². The Hall–Kier alpha value is -1.49. The van der Waals surface area contributed by atoms with E-state index in [4.69, 9.17) is 4.52 Å². The molecule has 0 bridgehead atoms. The van der Waals surface area contributed by atoms with Gasteiger partial charge in [0.25, 0.3) is 0 Å². The zero-order valence-electron chi connectivity index (χ0n) is 14.0. The molecule has 10 heteroatoms. The summed E-state index contributed by atoms with van der Waals surface area (Å²) in [6, 6.07) is 6.74. The van der Waals surface area contributed by atoms with Crippen LogP contribution in [-0.2, 0) is 12.2 Å². The lowest BCUT2D eigenvalue weighted by atomic mass is 10.3. The van der Waals surface area contributed by atoms with Crippen molar-refractivity contribution >= 4 is 50.4 Å². The number of rotatable bonds is 7. The second kappa shape index (κ2) is 7.50. The van der Waals surface area contributed by atoms with Crippen LogP contribution in [0.4, 0.5) is 0 Å². The molecule has 138 valence electrons. The van der Waals surface area contributed by atoms with Gasteiger partial charge in [-0.05, 0) is 46.3 Å². The molecule has 4 aromatic heterocycles. The molecule has 0 saturated heterocycles. The van der Waals surface area contributed by atoms with Crippen molar-refractivity contribution in [3.63, 3.8) is 0 Å². The van der Waals surface area contributed by atoms with E-state index in [0.717, 1.165) is 26.8 Å². The highest BCUT2D eigenvalue weighted by Crippen LogP contribution is 2.40. The summed E-state index contributed by atoms with van der Waals surface area (Å²) in [5, 5.41) is 18.0. The van der Waals surface area contributed by atoms with Crippen LogP contribution in [0.25, 0.3) is 10.7 Å². The summed E-state index contributed by atoms with van der Waals surface area (Å²) in [4.78, 5) is 6.80. The van der Waals surface area contributed by atoms with Crippen LogP contribution < -0.4 is 0 Å². The Balaban J connectivity index is 1.31. The molecule has 0 atom stereocenters. The van der Waals surface area contributed by atoms with Crippen molar-refractivity contribution in [2.24, 2.45) is 0 Å². The highest BCUT2D eigenvalue weighted by molar-refractivity contribution is 9.10. The zero-order valence-corrected chi connectivity index (χ0v) is 18.1. The third-order valence-electron chi connectivity index (χ3n) is 4.14. The molecule has 1 aliphatic rings. The summed E-state index contributed by atoms with van der Waals surface area (Å²) < 4.78 is 8.73. The van der Waals surface area contributed by atoms with Gasteiger partial charge in [0.1, 0.15) is 5.82 Å². The summed E-state index contributed by atoms with van der Waals surface area (Å²) >= 11 is 8.40. The first-order valence-corrected chi connectivity index (χ1v) is 12.0. The molecule has 27 heavy (non-hydrogen) atoms. The van der Waals surface area contributed by atoms with Gasteiger partial charge >= 0.3 is 0 Å². The molecular formula is C17H14BrN5OS3. The Bertz CT molecular complexity index is 1050. The normalized spacial score (nSPS) is 14.1. The van der Waals surface area contributed by atoms with Crippen molar-refractivity contribution in [2.45, 2.75) is 36.2 Å². The molecule has 1 saturated carbocycles. The molecular weight excluding hydrogens is 466 g/mol. The minimum Gasteiger partial charge on any atom is -0.338 e. The van der Waals surface area contributed by atoms with Crippen molar-refractivity contribution in [2.75, 3.05) is 0 Å². The highest BCUT2D eigenvalue weighted by atomic mass is 79.9. The first-order valence-electron chi connectivity index (χ1n) is 8.42. The van der Waals surface area contributed by atoms with Crippen LogP contribution in [0, 0.1) is 0 Å². The van der Waals surface area contributed by atoms with Crippen LogP contribution in [0.3, 0.4) is 0 Å². The Labute approximate surface area is 176 Å². The van der Waals surface area contributed by atoms with E-state index in [1.54, 1.807) is 34.4 Å². The summed E-state index contributed by atoms with van der Waals surface area (Å²) in [5.74, 6) is 2.86. The van der Waals surface area contributed by atoms with Crippen LogP contribution in [0.2, 0.25) is 0 Å². The smallest absolute Gasteiger partial charge is 0.237 e. The standard InChI is InChI=1S/C17H14BrN5OS3/c18-10-6-13(26-8-10)16-19-15(24-22-16)9-27-17-21-20-14(23(17)11-3-4-11)7-12-2-1-5-25-12/h1-2,5-6,8,11H,3-4,7,9H2. The highest BCUT2D eigenvalue weighted by Gasteiger charge is 2.30. The summed E-state index contributed by atoms with van der Waals surface area (Å²) in [6.07, 6.45) is 3.22. The third kappa shape index (κ3) is 3.89. The SMILES string of the molecule is Brc1csc(-c2noc(CSc3nnc(Cc4cccs4)n3C3CC3)n2)c1. The minimum atomic E-state index is 0.527. The van der Waals surface area contributed by atoms with Gasteiger partial charge in [-0.25, -0.2) is 0 Å². The van der Waals surface area contributed by atoms with Gasteiger partial charge < -0.3 is 9.09 Å². The second-order valence-corrected chi connectivity index (χ2v) is 9.99. The number of thioether (sulfide) groups is 1. The molecule has 5 rings (SSSR count). The van der Waals surface area contributed by atoms with Gasteiger partial charge in [0.05, 0.1) is 10.6 Å². The van der Waals surface area contributed by atoms with Gasteiger partial charge in [0.15, 0.2) is 5.16 Å². The van der Waals surface area contributed by atoms with Crippen LogP contribution in [-0.4, -0.2) is 24.9 Å². The molecule has 0 radical (unpaired) electrons. The predicted molar refractivity (Wildman–Crippen MR) is 110 cm³/mol. The van der Waals surface area contributed by atoms with Crippen LogP contribution >= 0.6 is 50.4 Å². The maximum atomic E-state index is 5.41. The molecule has 1 fully saturated rings. The van der Waals surface area contributed by atoms with E-state index >= 15 is 0 Å². The predicted octanol–water partition coefficient (Wildman–Crippen LogP) is 5.43. The van der Waals surface area contributed by atoms with Crippen LogP contribution in [0.1, 0.15) is 35.5 Å². The number of thiophene rings is 2. The van der Waals surface area contributed by atoms with Crippen molar-refractivity contribution in [1.82, 2.24) is 24.9 Å². The van der Waals surface area contributed by atoms with Crippen LogP contribution in [0.5, 0.6) is 0 Å². The van der Waals surface area contributed by atoms with Gasteiger partial charge in [-0.15, -0.1) is 32.9 Å². The summed E-state index contributed by atoms with van der Waals surface area (Å²) in [7, 11) is 0. The first kappa shape index (κ1) is 17.6. The molecule has 0 unspecified atom stereocenters. The molecule has 4 heterocycles. The van der Waals surface area contributed by atoms with E-state index in [1.807, 2.05) is 11.4 Å². The molecule has 6 nitrogen and oxygen atoms in total. The van der Waals surface area contributed by atoms with Gasteiger partial charge in [-0.3, -0.25) is 0 Å². The maximum Gasteiger partial charge on any atom is 0.237 e. The summed E-state index contributed by atoms with van der Waals surface area (Å²) in [6.45, 7) is 0. The Morgan fingerprint density at radius 3 is 2.96 bits per heavy atom. The van der Waals surface area contributed by atoms with Crippen molar-refractivity contribution in [3.05, 3.63) is 50.0 Å². The number of aromatic nitrogens is 5. The Morgan fingerprint density at radius 2 is 2.22 bits per heavy atom. The molecule has 0 aromatic carbocycles. The van der Waals surface area contributed by atoms with E-state index in [9.17, 15) is 0 Å². The second-order valence-electron chi connectivity index (χ2n) is 6.19. The number of hydrogen-bond acceptors (Lipinski definition) is 8. The molecule has 0 N–H and O–H groups in total. The Kier molecular flexibility index (Phi) is 4.89. The fraction of sp³-hybridized carbons (Fsp3) is 0.294. The zero-order chi connectivity index (χ0) is 18.2. The lowest BCUT2D eigenvalue weighted by molar-refractivity contribution is 0.391.